The summed E-state index contributed by atoms with van der Waals surface area (Å²) in [5.74, 6) is 0. The summed E-state index contributed by atoms with van der Waals surface area (Å²) in [5, 5.41) is 2.32. The van der Waals surface area contributed by atoms with E-state index in [9.17, 15) is 13.2 Å². The Morgan fingerprint density at radius 3 is 2.15 bits per heavy atom. The number of hydrogen-bond donors (Lipinski definition) is 1. The third kappa shape index (κ3) is 4.94. The van der Waals surface area contributed by atoms with Crippen molar-refractivity contribution in [3.8, 4) is 0 Å². The van der Waals surface area contributed by atoms with Gasteiger partial charge in [-0.3, -0.25) is 0 Å². The maximum atomic E-state index is 12.0. The molecule has 0 unspecified atom stereocenters. The molecule has 6 nitrogen and oxygen atoms in total. The van der Waals surface area contributed by atoms with Crippen LogP contribution in [0.15, 0.2) is 0 Å². The lowest BCUT2D eigenvalue weighted by Crippen LogP contribution is -2.46. The topological polar surface area (TPSA) is 75.7 Å². The van der Waals surface area contributed by atoms with E-state index < -0.39 is 21.4 Å². The van der Waals surface area contributed by atoms with Crippen molar-refractivity contribution in [3.05, 3.63) is 0 Å². The van der Waals surface area contributed by atoms with Crippen LogP contribution in [0.5, 0.6) is 0 Å². The Bertz CT molecular complexity index is 432. The second-order valence-electron chi connectivity index (χ2n) is 6.47. The molecule has 7 heteroatoms. The van der Waals surface area contributed by atoms with E-state index in [1.807, 2.05) is 20.8 Å². The number of piperidine rings is 1. The number of carbonyl (C=O) groups excluding carboxylic acids is 1. The number of rotatable bonds is 3. The second-order valence-corrected chi connectivity index (χ2v) is 8.96. The summed E-state index contributed by atoms with van der Waals surface area (Å²) in [5.41, 5.74) is -0.335. The highest BCUT2D eigenvalue weighted by Crippen LogP contribution is 2.19. The molecule has 0 aliphatic carbocycles. The molecule has 0 atom stereocenters. The van der Waals surface area contributed by atoms with Gasteiger partial charge in [0.2, 0.25) is 10.0 Å². The minimum Gasteiger partial charge on any atom is -0.446 e. The van der Waals surface area contributed by atoms with E-state index in [4.69, 9.17) is 4.74 Å². The Labute approximate surface area is 121 Å². The van der Waals surface area contributed by atoms with E-state index in [0.717, 1.165) is 0 Å². The van der Waals surface area contributed by atoms with E-state index in [0.29, 0.717) is 25.9 Å². The molecule has 1 rings (SSSR count). The quantitative estimate of drug-likeness (QED) is 0.861. The van der Waals surface area contributed by atoms with Crippen LogP contribution in [0, 0.1) is 0 Å². The first-order chi connectivity index (χ1) is 9.02. The van der Waals surface area contributed by atoms with Gasteiger partial charge in [-0.25, -0.2) is 17.5 Å². The van der Waals surface area contributed by atoms with Crippen LogP contribution < -0.4 is 5.32 Å². The summed E-state index contributed by atoms with van der Waals surface area (Å²) >= 11 is 0. The molecule has 0 saturated carbocycles. The fraction of sp³-hybridized carbons (Fsp3) is 0.923. The van der Waals surface area contributed by atoms with Crippen LogP contribution >= 0.6 is 0 Å². The number of nitrogens with zero attached hydrogens (tertiary/aromatic N) is 1. The second kappa shape index (κ2) is 6.30. The molecule has 0 radical (unpaired) electrons. The average molecular weight is 306 g/mol. The van der Waals surface area contributed by atoms with Crippen molar-refractivity contribution in [2.24, 2.45) is 0 Å². The Balaban J connectivity index is 2.46. The zero-order valence-electron chi connectivity index (χ0n) is 13.0. The van der Waals surface area contributed by atoms with Gasteiger partial charge in [-0.05, 0) is 47.5 Å². The van der Waals surface area contributed by atoms with Gasteiger partial charge < -0.3 is 10.1 Å². The number of amides is 1. The van der Waals surface area contributed by atoms with Crippen LogP contribution in [-0.4, -0.2) is 48.8 Å². The summed E-state index contributed by atoms with van der Waals surface area (Å²) < 4.78 is 30.8. The highest BCUT2D eigenvalue weighted by molar-refractivity contribution is 7.89. The lowest BCUT2D eigenvalue weighted by molar-refractivity contribution is 0.0626. The van der Waals surface area contributed by atoms with Crippen molar-refractivity contribution in [1.82, 2.24) is 9.62 Å². The highest BCUT2D eigenvalue weighted by Gasteiger charge is 2.31. The summed E-state index contributed by atoms with van der Waals surface area (Å²) in [6.45, 7) is 9.82. The van der Waals surface area contributed by atoms with Gasteiger partial charge in [-0.15, -0.1) is 0 Å². The smallest absolute Gasteiger partial charge is 0.407 e. The zero-order chi connectivity index (χ0) is 15.6. The number of nitrogens with one attached hydrogen (secondary N) is 1. The van der Waals surface area contributed by atoms with Gasteiger partial charge >= 0.3 is 6.09 Å². The number of alkyl carbamates (subject to hydrolysis) is 1. The Morgan fingerprint density at radius 1 is 1.25 bits per heavy atom. The summed E-state index contributed by atoms with van der Waals surface area (Å²) in [6, 6.07) is 0. The summed E-state index contributed by atoms with van der Waals surface area (Å²) in [6.07, 6.45) is 0.436. The van der Waals surface area contributed by atoms with Gasteiger partial charge in [0, 0.05) is 18.6 Å². The lowest BCUT2D eigenvalue weighted by Gasteiger charge is -2.32. The van der Waals surface area contributed by atoms with Crippen LogP contribution in [-0.2, 0) is 14.8 Å². The number of carbonyl (C=O) groups is 1. The molecule has 20 heavy (non-hydrogen) atoms. The SMILES string of the molecule is CC(C)S(=O)(=O)N1CCC(OC(=O)NC(C)(C)C)CC1. The maximum absolute atomic E-state index is 12.0. The van der Waals surface area contributed by atoms with Crippen molar-refractivity contribution >= 4 is 16.1 Å². The third-order valence-corrected chi connectivity index (χ3v) is 5.38. The van der Waals surface area contributed by atoms with Crippen molar-refractivity contribution in [1.29, 1.82) is 0 Å². The first-order valence-corrected chi connectivity index (χ1v) is 8.50. The predicted molar refractivity (Wildman–Crippen MR) is 78.0 cm³/mol. The first-order valence-electron chi connectivity index (χ1n) is 7.00. The van der Waals surface area contributed by atoms with Crippen molar-refractivity contribution in [3.63, 3.8) is 0 Å². The number of hydrogen-bond acceptors (Lipinski definition) is 4. The molecule has 1 saturated heterocycles. The molecule has 1 fully saturated rings. The molecule has 1 aliphatic rings. The van der Waals surface area contributed by atoms with Crippen molar-refractivity contribution in [2.45, 2.75) is 64.4 Å². The monoisotopic (exact) mass is 306 g/mol. The lowest BCUT2D eigenvalue weighted by atomic mass is 10.1. The Kier molecular flexibility index (Phi) is 5.43. The van der Waals surface area contributed by atoms with Gasteiger partial charge in [0.05, 0.1) is 5.25 Å². The Morgan fingerprint density at radius 2 is 1.75 bits per heavy atom. The standard InChI is InChI=1S/C13H26N2O4S/c1-10(2)20(17,18)15-8-6-11(7-9-15)19-12(16)14-13(3,4)5/h10-11H,6-9H2,1-5H3,(H,14,16). The normalized spacial score (nSPS) is 19.1. The molecule has 0 aromatic heterocycles. The molecule has 0 spiro atoms. The van der Waals surface area contributed by atoms with Gasteiger partial charge in [-0.2, -0.15) is 0 Å². The van der Waals surface area contributed by atoms with Crippen LogP contribution in [0.3, 0.4) is 0 Å². The van der Waals surface area contributed by atoms with E-state index in [2.05, 4.69) is 5.32 Å². The number of ether oxygens (including phenoxy) is 1. The van der Waals surface area contributed by atoms with E-state index in [1.54, 1.807) is 13.8 Å². The maximum Gasteiger partial charge on any atom is 0.407 e. The third-order valence-electron chi connectivity index (χ3n) is 3.11. The van der Waals surface area contributed by atoms with Crippen LogP contribution in [0.4, 0.5) is 4.79 Å². The zero-order valence-corrected chi connectivity index (χ0v) is 13.8. The number of sulfonamides is 1. The summed E-state index contributed by atoms with van der Waals surface area (Å²) in [7, 11) is -3.20. The van der Waals surface area contributed by atoms with E-state index in [1.165, 1.54) is 4.31 Å². The largest absolute Gasteiger partial charge is 0.446 e. The van der Waals surface area contributed by atoms with E-state index >= 15 is 0 Å². The fourth-order valence-corrected chi connectivity index (χ4v) is 3.31. The van der Waals surface area contributed by atoms with Gasteiger partial charge in [0.15, 0.2) is 0 Å². The van der Waals surface area contributed by atoms with Crippen LogP contribution in [0.25, 0.3) is 0 Å². The van der Waals surface area contributed by atoms with Crippen LogP contribution in [0.1, 0.15) is 47.5 Å². The van der Waals surface area contributed by atoms with Gasteiger partial charge in [-0.1, -0.05) is 0 Å². The highest BCUT2D eigenvalue weighted by atomic mass is 32.2. The molecule has 0 bridgehead atoms. The van der Waals surface area contributed by atoms with Crippen LogP contribution in [0.2, 0.25) is 0 Å². The van der Waals surface area contributed by atoms with E-state index in [-0.39, 0.29) is 11.6 Å². The molecule has 1 N–H and O–H groups in total. The van der Waals surface area contributed by atoms with Gasteiger partial charge in [0.25, 0.3) is 0 Å². The van der Waals surface area contributed by atoms with Gasteiger partial charge in [0.1, 0.15) is 6.10 Å². The minimum atomic E-state index is -3.20. The molecule has 1 heterocycles. The fourth-order valence-electron chi connectivity index (χ4n) is 1.99. The summed E-state index contributed by atoms with van der Waals surface area (Å²) in [4.78, 5) is 11.6. The first kappa shape index (κ1) is 17.2. The molecule has 118 valence electrons. The molecular weight excluding hydrogens is 280 g/mol. The predicted octanol–water partition coefficient (Wildman–Crippen LogP) is 1.71. The van der Waals surface area contributed by atoms with Crippen molar-refractivity contribution in [2.75, 3.05) is 13.1 Å². The molecule has 1 amide bonds. The van der Waals surface area contributed by atoms with Crippen molar-refractivity contribution < 1.29 is 17.9 Å². The minimum absolute atomic E-state index is 0.212. The molecule has 0 aromatic carbocycles. The Hall–Kier alpha value is -0.820. The average Bonchev–Trinajstić information content (AvgIpc) is 2.26. The molecule has 0 aromatic rings. The molecule has 1 aliphatic heterocycles. The molecular formula is C13H26N2O4S.